The molecule has 28 heavy (non-hydrogen) atoms. The van der Waals surface area contributed by atoms with Crippen LogP contribution in [0.1, 0.15) is 26.7 Å². The minimum Gasteiger partial charge on any atom is -0.493 e. The Balaban J connectivity index is 1.49. The van der Waals surface area contributed by atoms with E-state index in [1.807, 2.05) is 12.3 Å². The van der Waals surface area contributed by atoms with E-state index >= 15 is 0 Å². The largest absolute Gasteiger partial charge is 0.493 e. The van der Waals surface area contributed by atoms with E-state index < -0.39 is 10.0 Å². The minimum absolute atomic E-state index is 0.275. The van der Waals surface area contributed by atoms with Gasteiger partial charge in [-0.25, -0.2) is 13.1 Å². The average Bonchev–Trinajstić information content (AvgIpc) is 2.72. The Labute approximate surface area is 168 Å². The number of hydrogen-bond acceptors (Lipinski definition) is 5. The first-order valence-corrected chi connectivity index (χ1v) is 11.3. The molecule has 0 saturated carbocycles. The van der Waals surface area contributed by atoms with Gasteiger partial charge in [0.1, 0.15) is 5.75 Å². The summed E-state index contributed by atoms with van der Waals surface area (Å²) in [5.41, 5.74) is 1.13. The van der Waals surface area contributed by atoms with E-state index in [1.54, 1.807) is 30.5 Å². The average molecular weight is 404 g/mol. The predicted octanol–water partition coefficient (Wildman–Crippen LogP) is 3.31. The molecule has 152 valence electrons. The molecular formula is C21H29N3O3S. The molecule has 0 unspecified atom stereocenters. The Morgan fingerprint density at radius 3 is 2.50 bits per heavy atom. The second kappa shape index (κ2) is 9.39. The number of hydrogen-bond donors (Lipinski definition) is 1. The van der Waals surface area contributed by atoms with E-state index in [0.717, 1.165) is 31.6 Å². The zero-order valence-corrected chi connectivity index (χ0v) is 17.4. The molecular weight excluding hydrogens is 374 g/mol. The highest BCUT2D eigenvalue weighted by atomic mass is 32.2. The summed E-state index contributed by atoms with van der Waals surface area (Å²) >= 11 is 0. The summed E-state index contributed by atoms with van der Waals surface area (Å²) in [6, 6.07) is 10.6. The third kappa shape index (κ3) is 5.69. The van der Waals surface area contributed by atoms with Gasteiger partial charge in [0.2, 0.25) is 10.0 Å². The fourth-order valence-electron chi connectivity index (χ4n) is 3.22. The van der Waals surface area contributed by atoms with Gasteiger partial charge in [-0.2, -0.15) is 0 Å². The first-order chi connectivity index (χ1) is 13.4. The SMILES string of the molecule is CC(C)COc1ccc(S(=O)(=O)NCC2CCN(c3cccnc3)CC2)cc1. The Morgan fingerprint density at radius 1 is 1.18 bits per heavy atom. The van der Waals surface area contributed by atoms with Crippen LogP contribution in [0.2, 0.25) is 0 Å². The topological polar surface area (TPSA) is 71.5 Å². The molecule has 1 aromatic carbocycles. The third-order valence-corrected chi connectivity index (χ3v) is 6.34. The van der Waals surface area contributed by atoms with Gasteiger partial charge in [-0.1, -0.05) is 13.8 Å². The Hall–Kier alpha value is -2.12. The Morgan fingerprint density at radius 2 is 1.89 bits per heavy atom. The first-order valence-electron chi connectivity index (χ1n) is 9.81. The van der Waals surface area contributed by atoms with Crippen LogP contribution in [0, 0.1) is 11.8 Å². The van der Waals surface area contributed by atoms with Crippen molar-refractivity contribution in [3.05, 3.63) is 48.8 Å². The minimum atomic E-state index is -3.50. The van der Waals surface area contributed by atoms with Crippen LogP contribution in [0.4, 0.5) is 5.69 Å². The number of ether oxygens (including phenoxy) is 1. The van der Waals surface area contributed by atoms with Crippen molar-refractivity contribution in [2.75, 3.05) is 31.1 Å². The molecule has 0 amide bonds. The van der Waals surface area contributed by atoms with Crippen molar-refractivity contribution < 1.29 is 13.2 Å². The molecule has 0 atom stereocenters. The molecule has 2 aromatic rings. The van der Waals surface area contributed by atoms with Crippen LogP contribution in [0.5, 0.6) is 5.75 Å². The summed E-state index contributed by atoms with van der Waals surface area (Å²) < 4.78 is 33.5. The fourth-order valence-corrected chi connectivity index (χ4v) is 4.34. The zero-order chi connectivity index (χ0) is 20.0. The van der Waals surface area contributed by atoms with Gasteiger partial charge in [0, 0.05) is 25.8 Å². The van der Waals surface area contributed by atoms with E-state index in [-0.39, 0.29) is 4.90 Å². The summed E-state index contributed by atoms with van der Waals surface area (Å²) in [7, 11) is -3.50. The molecule has 6 nitrogen and oxygen atoms in total. The molecule has 1 aliphatic rings. The molecule has 7 heteroatoms. The van der Waals surface area contributed by atoms with Crippen molar-refractivity contribution in [2.45, 2.75) is 31.6 Å². The number of anilines is 1. The van der Waals surface area contributed by atoms with Crippen LogP contribution in [-0.2, 0) is 10.0 Å². The molecule has 0 radical (unpaired) electrons. The van der Waals surface area contributed by atoms with Gasteiger partial charge in [-0.15, -0.1) is 0 Å². The van der Waals surface area contributed by atoms with Gasteiger partial charge >= 0.3 is 0 Å². The van der Waals surface area contributed by atoms with Gasteiger partial charge < -0.3 is 9.64 Å². The van der Waals surface area contributed by atoms with E-state index in [4.69, 9.17) is 4.74 Å². The van der Waals surface area contributed by atoms with Crippen LogP contribution >= 0.6 is 0 Å². The first kappa shape index (κ1) is 20.6. The normalized spacial score (nSPS) is 15.8. The van der Waals surface area contributed by atoms with Crippen LogP contribution in [0.25, 0.3) is 0 Å². The smallest absolute Gasteiger partial charge is 0.240 e. The maximum atomic E-state index is 12.6. The molecule has 1 aliphatic heterocycles. The lowest BCUT2D eigenvalue weighted by molar-refractivity contribution is 0.271. The van der Waals surface area contributed by atoms with Crippen LogP contribution in [0.15, 0.2) is 53.7 Å². The number of piperidine rings is 1. The molecule has 1 fully saturated rings. The maximum absolute atomic E-state index is 12.6. The quantitative estimate of drug-likeness (QED) is 0.732. The lowest BCUT2D eigenvalue weighted by atomic mass is 9.97. The van der Waals surface area contributed by atoms with Crippen molar-refractivity contribution >= 4 is 15.7 Å². The summed E-state index contributed by atoms with van der Waals surface area (Å²) in [4.78, 5) is 6.74. The standard InChI is InChI=1S/C21H29N3O3S/c1-17(2)16-27-20-5-7-21(8-6-20)28(25,26)23-14-18-9-12-24(13-10-18)19-4-3-11-22-15-19/h3-8,11,15,17-18,23H,9-10,12-14,16H2,1-2H3. The Kier molecular flexibility index (Phi) is 6.91. The number of nitrogens with zero attached hydrogens (tertiary/aromatic N) is 2. The second-order valence-electron chi connectivity index (χ2n) is 7.67. The molecule has 1 saturated heterocycles. The van der Waals surface area contributed by atoms with Crippen molar-refractivity contribution in [3.8, 4) is 5.75 Å². The van der Waals surface area contributed by atoms with Gasteiger partial charge in [0.15, 0.2) is 0 Å². The number of pyridine rings is 1. The molecule has 3 rings (SSSR count). The molecule has 1 N–H and O–H groups in total. The summed E-state index contributed by atoms with van der Waals surface area (Å²) in [5.74, 6) is 1.46. The molecule has 1 aromatic heterocycles. The van der Waals surface area contributed by atoms with Gasteiger partial charge in [-0.3, -0.25) is 4.98 Å². The number of benzene rings is 1. The van der Waals surface area contributed by atoms with Crippen molar-refractivity contribution in [1.29, 1.82) is 0 Å². The van der Waals surface area contributed by atoms with Gasteiger partial charge in [0.25, 0.3) is 0 Å². The van der Waals surface area contributed by atoms with Gasteiger partial charge in [-0.05, 0) is 61.1 Å². The maximum Gasteiger partial charge on any atom is 0.240 e. The number of rotatable bonds is 8. The number of nitrogens with one attached hydrogen (secondary N) is 1. The Bertz CT molecular complexity index is 831. The zero-order valence-electron chi connectivity index (χ0n) is 16.5. The number of sulfonamides is 1. The van der Waals surface area contributed by atoms with Crippen molar-refractivity contribution in [1.82, 2.24) is 9.71 Å². The predicted molar refractivity (Wildman–Crippen MR) is 111 cm³/mol. The molecule has 2 heterocycles. The summed E-state index contributed by atoms with van der Waals surface area (Å²) in [6.45, 7) is 7.06. The fraction of sp³-hybridized carbons (Fsp3) is 0.476. The monoisotopic (exact) mass is 403 g/mol. The van der Waals surface area contributed by atoms with E-state index in [2.05, 4.69) is 34.5 Å². The second-order valence-corrected chi connectivity index (χ2v) is 9.44. The highest BCUT2D eigenvalue weighted by Gasteiger charge is 2.22. The van der Waals surface area contributed by atoms with Crippen molar-refractivity contribution in [3.63, 3.8) is 0 Å². The summed E-state index contributed by atoms with van der Waals surface area (Å²) in [6.07, 6.45) is 5.56. The molecule has 0 aliphatic carbocycles. The van der Waals surface area contributed by atoms with Gasteiger partial charge in [0.05, 0.1) is 23.4 Å². The lowest BCUT2D eigenvalue weighted by Crippen LogP contribution is -2.38. The van der Waals surface area contributed by atoms with Crippen LogP contribution < -0.4 is 14.4 Å². The van der Waals surface area contributed by atoms with E-state index in [9.17, 15) is 8.42 Å². The van der Waals surface area contributed by atoms with Crippen LogP contribution in [-0.4, -0.2) is 39.6 Å². The highest BCUT2D eigenvalue weighted by molar-refractivity contribution is 7.89. The lowest BCUT2D eigenvalue weighted by Gasteiger charge is -2.33. The molecule has 0 spiro atoms. The number of aromatic nitrogens is 1. The molecule has 0 bridgehead atoms. The van der Waals surface area contributed by atoms with E-state index in [0.29, 0.717) is 30.7 Å². The highest BCUT2D eigenvalue weighted by Crippen LogP contribution is 2.23. The summed E-state index contributed by atoms with van der Waals surface area (Å²) in [5, 5.41) is 0. The van der Waals surface area contributed by atoms with Crippen LogP contribution in [0.3, 0.4) is 0 Å². The third-order valence-electron chi connectivity index (χ3n) is 4.90. The van der Waals surface area contributed by atoms with Crippen molar-refractivity contribution in [2.24, 2.45) is 11.8 Å². The van der Waals surface area contributed by atoms with E-state index in [1.165, 1.54) is 0 Å².